The van der Waals surface area contributed by atoms with Crippen molar-refractivity contribution < 1.29 is 49.2 Å². The molecule has 0 bridgehead atoms. The number of hydrogen-bond acceptors (Lipinski definition) is 10. The van der Waals surface area contributed by atoms with Gasteiger partial charge in [-0.05, 0) is 90.8 Å². The number of rotatable bonds is 2. The van der Waals surface area contributed by atoms with Crippen LogP contribution in [0.5, 0.6) is 0 Å². The second-order valence-electron chi connectivity index (χ2n) is 18.4. The molecule has 0 aromatic carbocycles. The standard InChI is InChI=1S/C35H54O10/c1-16-12-35(27-32(6,44-27)28(40)45-35)43-18-13-31(5)20-8-7-19-29(2,3)22(42-26-25(39)24(38)17(36)14-41-26)11-21(37)34(19)15-33(20,34)10-9-30(31,4)23(16)18/h16-28,36-40H,7-15H2,1-6H3/t16-,17-,18+,19?,20?,21+,22+,23+,24+,25-,26+,27-,28-,30-,31+,32+,33+,34-,35-/m1/s1. The average Bonchev–Trinajstić information content (AvgIpc) is 3.82. The molecule has 0 radical (unpaired) electrons. The first-order chi connectivity index (χ1) is 21.0. The number of aliphatic hydroxyl groups excluding tert-OH is 5. The van der Waals surface area contributed by atoms with Crippen molar-refractivity contribution in [3.63, 3.8) is 0 Å². The highest BCUT2D eigenvalue weighted by molar-refractivity contribution is 5.33. The average molecular weight is 635 g/mol. The molecular weight excluding hydrogens is 580 g/mol. The van der Waals surface area contributed by atoms with Gasteiger partial charge in [0.1, 0.15) is 30.0 Å². The van der Waals surface area contributed by atoms with Crippen molar-refractivity contribution in [2.45, 2.75) is 160 Å². The summed E-state index contributed by atoms with van der Waals surface area (Å²) in [4.78, 5) is 0. The summed E-state index contributed by atoms with van der Waals surface area (Å²) >= 11 is 0. The molecule has 2 unspecified atom stereocenters. The first-order valence-corrected chi connectivity index (χ1v) is 17.7. The van der Waals surface area contributed by atoms with Crippen LogP contribution >= 0.6 is 0 Å². The van der Waals surface area contributed by atoms with Crippen LogP contribution in [0, 0.1) is 50.7 Å². The highest BCUT2D eigenvalue weighted by Crippen LogP contribution is 2.89. The maximum absolute atomic E-state index is 12.1. The van der Waals surface area contributed by atoms with E-state index in [9.17, 15) is 25.5 Å². The minimum absolute atomic E-state index is 0.0476. The van der Waals surface area contributed by atoms with Gasteiger partial charge < -0.3 is 49.2 Å². The van der Waals surface area contributed by atoms with E-state index in [-0.39, 0.29) is 57.9 Å². The van der Waals surface area contributed by atoms with Gasteiger partial charge in [-0.2, -0.15) is 0 Å². The van der Waals surface area contributed by atoms with Crippen molar-refractivity contribution in [3.8, 4) is 0 Å². The van der Waals surface area contributed by atoms with Crippen LogP contribution in [0.15, 0.2) is 0 Å². The zero-order valence-corrected chi connectivity index (χ0v) is 27.6. The zero-order valence-electron chi connectivity index (χ0n) is 27.6. The fraction of sp³-hybridized carbons (Fsp3) is 1.00. The molecule has 45 heavy (non-hydrogen) atoms. The van der Waals surface area contributed by atoms with Crippen LogP contribution in [0.4, 0.5) is 0 Å². The molecular formula is C35H54O10. The largest absolute Gasteiger partial charge is 0.392 e. The Balaban J connectivity index is 0.994. The van der Waals surface area contributed by atoms with E-state index in [1.807, 2.05) is 6.92 Å². The van der Waals surface area contributed by atoms with Crippen LogP contribution < -0.4 is 0 Å². The summed E-state index contributed by atoms with van der Waals surface area (Å²) in [5, 5.41) is 53.6. The van der Waals surface area contributed by atoms with Gasteiger partial charge in [-0.3, -0.25) is 0 Å². The van der Waals surface area contributed by atoms with Crippen LogP contribution in [0.2, 0.25) is 0 Å². The number of ether oxygens (including phenoxy) is 5. The Morgan fingerprint density at radius 3 is 2.22 bits per heavy atom. The van der Waals surface area contributed by atoms with E-state index in [0.29, 0.717) is 24.2 Å². The van der Waals surface area contributed by atoms with E-state index >= 15 is 0 Å². The van der Waals surface area contributed by atoms with Crippen LogP contribution in [0.3, 0.4) is 0 Å². The highest BCUT2D eigenvalue weighted by Gasteiger charge is 2.86. The molecule has 19 atom stereocenters. The van der Waals surface area contributed by atoms with Gasteiger partial charge in [0.15, 0.2) is 12.6 Å². The van der Waals surface area contributed by atoms with Crippen molar-refractivity contribution in [2.24, 2.45) is 50.7 Å². The SMILES string of the molecule is C[C@@H]1C[C@@]2(O[C@H]3C[C@@]4(C)C5CCC6C(C)(C)[C@@H](O[C@@H]7OC[C@@H](O)[C@H](O)[C@H]7O)C[C@H](O)[C@@]67C[C@@]57CC[C@]4(C)[C@@H]13)O[C@@H](O)[C@@]1(C)O[C@@H]21. The molecule has 4 saturated heterocycles. The molecule has 9 fully saturated rings. The first-order valence-electron chi connectivity index (χ1n) is 17.7. The molecule has 10 nitrogen and oxygen atoms in total. The summed E-state index contributed by atoms with van der Waals surface area (Å²) in [6.45, 7) is 13.7. The zero-order chi connectivity index (χ0) is 31.9. The Kier molecular flexibility index (Phi) is 6.02. The second kappa shape index (κ2) is 8.84. The van der Waals surface area contributed by atoms with Gasteiger partial charge in [0, 0.05) is 18.3 Å². The van der Waals surface area contributed by atoms with E-state index in [0.717, 1.165) is 44.9 Å². The third-order valence-electron chi connectivity index (χ3n) is 16.5. The van der Waals surface area contributed by atoms with Crippen LogP contribution in [0.1, 0.15) is 92.9 Å². The van der Waals surface area contributed by atoms with E-state index < -0.39 is 48.4 Å². The van der Waals surface area contributed by atoms with Crippen LogP contribution in [-0.2, 0) is 23.7 Å². The van der Waals surface area contributed by atoms with Gasteiger partial charge in [-0.25, -0.2) is 0 Å². The van der Waals surface area contributed by atoms with E-state index in [1.165, 1.54) is 0 Å². The summed E-state index contributed by atoms with van der Waals surface area (Å²) in [5.74, 6) is 0.665. The lowest BCUT2D eigenvalue weighted by atomic mass is 9.41. The molecule has 4 heterocycles. The van der Waals surface area contributed by atoms with Crippen LogP contribution in [0.25, 0.3) is 0 Å². The van der Waals surface area contributed by atoms with Crippen molar-refractivity contribution in [1.29, 1.82) is 0 Å². The summed E-state index contributed by atoms with van der Waals surface area (Å²) in [6, 6.07) is 0. The van der Waals surface area contributed by atoms with Crippen molar-refractivity contribution >= 4 is 0 Å². The van der Waals surface area contributed by atoms with Crippen molar-refractivity contribution in [1.82, 2.24) is 0 Å². The Morgan fingerprint density at radius 2 is 1.53 bits per heavy atom. The highest BCUT2D eigenvalue weighted by atomic mass is 16.8. The van der Waals surface area contributed by atoms with Gasteiger partial charge in [0.25, 0.3) is 0 Å². The third-order valence-corrected chi connectivity index (χ3v) is 16.5. The van der Waals surface area contributed by atoms with Crippen molar-refractivity contribution in [2.75, 3.05) is 6.61 Å². The third kappa shape index (κ3) is 3.37. The minimum Gasteiger partial charge on any atom is -0.392 e. The molecule has 4 aliphatic heterocycles. The molecule has 9 aliphatic rings. The lowest BCUT2D eigenvalue weighted by Crippen LogP contribution is -2.63. The molecule has 254 valence electrons. The predicted octanol–water partition coefficient (Wildman–Crippen LogP) is 2.46. The Morgan fingerprint density at radius 1 is 0.800 bits per heavy atom. The molecule has 5 saturated carbocycles. The van der Waals surface area contributed by atoms with Gasteiger partial charge in [0.05, 0.1) is 24.9 Å². The van der Waals surface area contributed by atoms with Gasteiger partial charge in [-0.1, -0.05) is 34.6 Å². The molecule has 5 N–H and O–H groups in total. The second-order valence-corrected chi connectivity index (χ2v) is 18.4. The summed E-state index contributed by atoms with van der Waals surface area (Å²) in [5.41, 5.74) is -0.855. The number of hydrogen-bond donors (Lipinski definition) is 5. The van der Waals surface area contributed by atoms with Gasteiger partial charge in [0.2, 0.25) is 5.79 Å². The quantitative estimate of drug-likeness (QED) is 0.226. The number of epoxide rings is 1. The van der Waals surface area contributed by atoms with E-state index in [2.05, 4.69) is 34.6 Å². The monoisotopic (exact) mass is 634 g/mol. The Labute approximate surface area is 266 Å². The number of fused-ring (bicyclic) bond motifs is 6. The molecule has 5 aliphatic carbocycles. The summed E-state index contributed by atoms with van der Waals surface area (Å²) in [6.07, 6.45) is 0.714. The number of aliphatic hydroxyl groups is 5. The topological polar surface area (TPSA) is 151 Å². The fourth-order valence-corrected chi connectivity index (χ4v) is 14.2. The Hall–Kier alpha value is -0.400. The summed E-state index contributed by atoms with van der Waals surface area (Å²) in [7, 11) is 0. The molecule has 10 heteroatoms. The Bertz CT molecular complexity index is 1280. The summed E-state index contributed by atoms with van der Waals surface area (Å²) < 4.78 is 31.2. The first kappa shape index (κ1) is 30.6. The lowest BCUT2D eigenvalue weighted by Gasteiger charge is -2.64. The van der Waals surface area contributed by atoms with E-state index in [4.69, 9.17) is 23.7 Å². The molecule has 3 spiro atoms. The van der Waals surface area contributed by atoms with Gasteiger partial charge in [-0.15, -0.1) is 0 Å². The normalized spacial score (nSPS) is 66.9. The molecule has 0 amide bonds. The lowest BCUT2D eigenvalue weighted by molar-refractivity contribution is -0.344. The maximum Gasteiger partial charge on any atom is 0.201 e. The maximum atomic E-state index is 12.1. The molecule has 0 aromatic rings. The molecule has 9 rings (SSSR count). The smallest absolute Gasteiger partial charge is 0.201 e. The van der Waals surface area contributed by atoms with Crippen molar-refractivity contribution in [3.05, 3.63) is 0 Å². The van der Waals surface area contributed by atoms with Gasteiger partial charge >= 0.3 is 0 Å². The fourth-order valence-electron chi connectivity index (χ4n) is 14.2. The minimum atomic E-state index is -1.34. The predicted molar refractivity (Wildman–Crippen MR) is 158 cm³/mol. The van der Waals surface area contributed by atoms with Crippen LogP contribution in [-0.4, -0.2) is 98.8 Å². The van der Waals surface area contributed by atoms with E-state index in [1.54, 1.807) is 0 Å². The molecule has 0 aromatic heterocycles.